The van der Waals surface area contributed by atoms with Crippen LogP contribution in [0.25, 0.3) is 0 Å². The van der Waals surface area contributed by atoms with E-state index in [0.717, 1.165) is 17.7 Å². The number of nitrogens with zero attached hydrogens (tertiary/aromatic N) is 1. The zero-order chi connectivity index (χ0) is 13.9. The number of hydrogen-bond acceptors (Lipinski definition) is 4. The van der Waals surface area contributed by atoms with Crippen LogP contribution in [0.2, 0.25) is 0 Å². The number of esters is 1. The molecule has 1 heterocycles. The third-order valence-electron chi connectivity index (χ3n) is 3.26. The largest absolute Gasteiger partial charge is 0.469 e. The molecule has 1 aliphatic heterocycles. The predicted octanol–water partition coefficient (Wildman–Crippen LogP) is 2.89. The molecule has 4 nitrogen and oxygen atoms in total. The zero-order valence-electron chi connectivity index (χ0n) is 11.6. The van der Waals surface area contributed by atoms with Gasteiger partial charge < -0.3 is 9.57 Å². The lowest BCUT2D eigenvalue weighted by molar-refractivity contribution is -0.139. The topological polar surface area (TPSA) is 47.9 Å². The average molecular weight is 261 g/mol. The molecule has 1 aliphatic rings. The second-order valence-electron chi connectivity index (χ2n) is 5.35. The highest BCUT2D eigenvalue weighted by Crippen LogP contribution is 2.34. The second kappa shape index (κ2) is 5.43. The summed E-state index contributed by atoms with van der Waals surface area (Å²) in [5.74, 6) is -0.188. The van der Waals surface area contributed by atoms with Crippen LogP contribution in [0.15, 0.2) is 35.5 Å². The zero-order valence-corrected chi connectivity index (χ0v) is 11.6. The van der Waals surface area contributed by atoms with E-state index in [9.17, 15) is 4.79 Å². The summed E-state index contributed by atoms with van der Waals surface area (Å²) in [6, 6.07) is 10.1. The fraction of sp³-hybridized carbons (Fsp3) is 0.467. The lowest BCUT2D eigenvalue weighted by Crippen LogP contribution is -2.34. The number of ether oxygens (including phenoxy) is 1. The minimum Gasteiger partial charge on any atom is -0.469 e. The molecule has 19 heavy (non-hydrogen) atoms. The van der Waals surface area contributed by atoms with E-state index in [1.165, 1.54) is 7.11 Å². The fourth-order valence-electron chi connectivity index (χ4n) is 2.26. The lowest BCUT2D eigenvalue weighted by Gasteiger charge is -2.33. The van der Waals surface area contributed by atoms with Gasteiger partial charge in [-0.25, -0.2) is 0 Å². The Morgan fingerprint density at radius 1 is 1.42 bits per heavy atom. The Hall–Kier alpha value is -1.84. The Balaban J connectivity index is 2.28. The third kappa shape index (κ3) is 3.34. The summed E-state index contributed by atoms with van der Waals surface area (Å²) in [5, 5.41) is 4.14. The highest BCUT2D eigenvalue weighted by molar-refractivity contribution is 6.02. The van der Waals surface area contributed by atoms with E-state index in [2.05, 4.69) is 17.3 Å². The summed E-state index contributed by atoms with van der Waals surface area (Å²) in [6.45, 7) is 4.00. The fourth-order valence-corrected chi connectivity index (χ4v) is 2.26. The molecule has 102 valence electrons. The first-order valence-corrected chi connectivity index (χ1v) is 6.38. The Labute approximate surface area is 113 Å². The molecular formula is C15H19NO3. The maximum absolute atomic E-state index is 11.5. The van der Waals surface area contributed by atoms with Gasteiger partial charge >= 0.3 is 5.97 Å². The van der Waals surface area contributed by atoms with Gasteiger partial charge in [0.2, 0.25) is 0 Å². The van der Waals surface area contributed by atoms with E-state index in [1.807, 2.05) is 32.0 Å². The maximum atomic E-state index is 11.5. The first-order valence-electron chi connectivity index (χ1n) is 6.38. The van der Waals surface area contributed by atoms with Gasteiger partial charge in [0.15, 0.2) is 0 Å². The molecule has 0 saturated carbocycles. The summed E-state index contributed by atoms with van der Waals surface area (Å²) in [6.07, 6.45) is 0.971. The molecule has 0 bridgehead atoms. The second-order valence-corrected chi connectivity index (χ2v) is 5.35. The van der Waals surface area contributed by atoms with Crippen molar-refractivity contribution in [3.8, 4) is 0 Å². The molecule has 0 aromatic heterocycles. The van der Waals surface area contributed by atoms with Crippen molar-refractivity contribution in [1.82, 2.24) is 0 Å². The first-order chi connectivity index (χ1) is 9.02. The monoisotopic (exact) mass is 261 g/mol. The molecule has 2 rings (SSSR count). The molecular weight excluding hydrogens is 242 g/mol. The van der Waals surface area contributed by atoms with Crippen molar-refractivity contribution in [2.75, 3.05) is 7.11 Å². The minimum absolute atomic E-state index is 0.101. The Morgan fingerprint density at radius 2 is 2.11 bits per heavy atom. The van der Waals surface area contributed by atoms with E-state index in [-0.39, 0.29) is 23.9 Å². The van der Waals surface area contributed by atoms with Crippen LogP contribution in [0.3, 0.4) is 0 Å². The quantitative estimate of drug-likeness (QED) is 0.786. The average Bonchev–Trinajstić information content (AvgIpc) is 2.41. The van der Waals surface area contributed by atoms with Crippen LogP contribution in [-0.4, -0.2) is 24.4 Å². The lowest BCUT2D eigenvalue weighted by atomic mass is 9.82. The van der Waals surface area contributed by atoms with Crippen LogP contribution >= 0.6 is 0 Å². The third-order valence-corrected chi connectivity index (χ3v) is 3.26. The van der Waals surface area contributed by atoms with Crippen molar-refractivity contribution in [2.45, 2.75) is 38.2 Å². The molecule has 0 aliphatic carbocycles. The number of hydrogen-bond donors (Lipinski definition) is 0. The van der Waals surface area contributed by atoms with Gasteiger partial charge in [0, 0.05) is 12.3 Å². The van der Waals surface area contributed by atoms with Crippen molar-refractivity contribution in [2.24, 2.45) is 5.16 Å². The van der Waals surface area contributed by atoms with Gasteiger partial charge in [-0.05, 0) is 19.4 Å². The normalized spacial score (nSPS) is 21.2. The molecule has 1 aromatic carbocycles. The number of carbonyl (C=O) groups excluding carboxylic acids is 1. The molecule has 4 heteroatoms. The van der Waals surface area contributed by atoms with E-state index in [1.54, 1.807) is 0 Å². The van der Waals surface area contributed by atoms with Crippen molar-refractivity contribution in [3.63, 3.8) is 0 Å². The molecule has 0 fully saturated rings. The number of oxime groups is 1. The summed E-state index contributed by atoms with van der Waals surface area (Å²) in [7, 11) is 1.38. The van der Waals surface area contributed by atoms with Crippen molar-refractivity contribution < 1.29 is 14.4 Å². The van der Waals surface area contributed by atoms with E-state index in [4.69, 9.17) is 9.57 Å². The number of benzene rings is 1. The molecule has 0 unspecified atom stereocenters. The van der Waals surface area contributed by atoms with Gasteiger partial charge in [0.1, 0.15) is 5.60 Å². The van der Waals surface area contributed by atoms with Crippen LogP contribution in [0, 0.1) is 0 Å². The Kier molecular flexibility index (Phi) is 3.88. The highest BCUT2D eigenvalue weighted by Gasteiger charge is 2.34. The van der Waals surface area contributed by atoms with Crippen molar-refractivity contribution in [1.29, 1.82) is 0 Å². The molecule has 0 amide bonds. The molecule has 1 aromatic rings. The number of methoxy groups -OCH3 is 1. The highest BCUT2D eigenvalue weighted by atomic mass is 16.6. The van der Waals surface area contributed by atoms with Crippen molar-refractivity contribution >= 4 is 11.7 Å². The summed E-state index contributed by atoms with van der Waals surface area (Å²) in [4.78, 5) is 16.9. The van der Waals surface area contributed by atoms with Gasteiger partial charge in [-0.1, -0.05) is 35.5 Å². The van der Waals surface area contributed by atoms with Gasteiger partial charge in [0.05, 0.1) is 19.2 Å². The van der Waals surface area contributed by atoms with Crippen molar-refractivity contribution in [3.05, 3.63) is 35.9 Å². The number of rotatable bonds is 3. The van der Waals surface area contributed by atoms with Crippen LogP contribution in [-0.2, 0) is 14.4 Å². The van der Waals surface area contributed by atoms with Crippen LogP contribution < -0.4 is 0 Å². The summed E-state index contributed by atoms with van der Waals surface area (Å²) >= 11 is 0. The van der Waals surface area contributed by atoms with E-state index >= 15 is 0 Å². The predicted molar refractivity (Wildman–Crippen MR) is 73.0 cm³/mol. The number of carbonyl (C=O) groups is 1. The standard InChI is InChI=1S/C15H19NO3/c1-15(2)10-12(11-7-5-4-6-8-11)13(16-19-15)9-14(17)18-3/h4-8,12H,9-10H2,1-3H3/t12-/m1/s1. The van der Waals surface area contributed by atoms with Gasteiger partial charge in [0.25, 0.3) is 0 Å². The molecule has 0 N–H and O–H groups in total. The SMILES string of the molecule is COC(=O)CC1=NOC(C)(C)C[C@@H]1c1ccccc1. The maximum Gasteiger partial charge on any atom is 0.311 e. The van der Waals surface area contributed by atoms with Gasteiger partial charge in [-0.15, -0.1) is 0 Å². The molecule has 0 radical (unpaired) electrons. The van der Waals surface area contributed by atoms with Crippen LogP contribution in [0.1, 0.15) is 38.2 Å². The van der Waals surface area contributed by atoms with Gasteiger partial charge in [-0.3, -0.25) is 4.79 Å². The summed E-state index contributed by atoms with van der Waals surface area (Å²) < 4.78 is 4.71. The van der Waals surface area contributed by atoms with Crippen LogP contribution in [0.5, 0.6) is 0 Å². The molecule has 0 saturated heterocycles. The first kappa shape index (κ1) is 13.6. The van der Waals surface area contributed by atoms with Crippen LogP contribution in [0.4, 0.5) is 0 Å². The summed E-state index contributed by atoms with van der Waals surface area (Å²) in [5.41, 5.74) is 1.57. The Morgan fingerprint density at radius 3 is 2.74 bits per heavy atom. The Bertz CT molecular complexity index is 479. The van der Waals surface area contributed by atoms with Gasteiger partial charge in [-0.2, -0.15) is 0 Å². The molecule has 0 spiro atoms. The van der Waals surface area contributed by atoms with E-state index < -0.39 is 0 Å². The van der Waals surface area contributed by atoms with E-state index in [0.29, 0.717) is 0 Å². The minimum atomic E-state index is -0.319. The molecule has 1 atom stereocenters. The smallest absolute Gasteiger partial charge is 0.311 e.